The third-order valence-corrected chi connectivity index (χ3v) is 3.03. The number of esters is 1. The Morgan fingerprint density at radius 1 is 1.50 bits per heavy atom. The number of nitro benzene ring substituents is 1. The van der Waals surface area contributed by atoms with Gasteiger partial charge in [-0.25, -0.2) is 4.79 Å². The number of aliphatic hydroxyl groups is 1. The maximum Gasteiger partial charge on any atom is 0.345 e. The number of carbonyl (C=O) groups is 1. The molecule has 0 saturated heterocycles. The van der Waals surface area contributed by atoms with Crippen LogP contribution in [0.2, 0.25) is 0 Å². The molecule has 20 heavy (non-hydrogen) atoms. The Labute approximate surface area is 114 Å². The molecule has 2 rings (SSSR count). The van der Waals surface area contributed by atoms with Crippen LogP contribution >= 0.6 is 0 Å². The number of aromatic nitrogens is 1. The summed E-state index contributed by atoms with van der Waals surface area (Å²) >= 11 is 0. The van der Waals surface area contributed by atoms with Crippen LogP contribution in [-0.4, -0.2) is 34.7 Å². The zero-order valence-electron chi connectivity index (χ0n) is 10.9. The molecule has 0 bridgehead atoms. The number of aromatic amines is 1. The number of benzene rings is 1. The second-order valence-corrected chi connectivity index (χ2v) is 4.29. The van der Waals surface area contributed by atoms with E-state index in [4.69, 9.17) is 5.11 Å². The lowest BCUT2D eigenvalue weighted by atomic mass is 10.1. The average molecular weight is 278 g/mol. The van der Waals surface area contributed by atoms with Crippen LogP contribution in [-0.2, 0) is 11.2 Å². The molecular weight excluding hydrogens is 264 g/mol. The van der Waals surface area contributed by atoms with Gasteiger partial charge in [-0.15, -0.1) is 0 Å². The summed E-state index contributed by atoms with van der Waals surface area (Å²) < 4.78 is 4.63. The number of nitro groups is 1. The number of nitrogens with one attached hydrogen (secondary N) is 1. The van der Waals surface area contributed by atoms with Gasteiger partial charge in [0.05, 0.1) is 12.0 Å². The number of H-pyrrole nitrogens is 1. The normalized spacial score (nSPS) is 10.7. The first kappa shape index (κ1) is 14.0. The van der Waals surface area contributed by atoms with Crippen molar-refractivity contribution in [2.24, 2.45) is 0 Å². The van der Waals surface area contributed by atoms with Gasteiger partial charge in [-0.1, -0.05) is 0 Å². The second kappa shape index (κ2) is 5.70. The lowest BCUT2D eigenvalue weighted by molar-refractivity contribution is -0.385. The third kappa shape index (κ3) is 2.48. The summed E-state index contributed by atoms with van der Waals surface area (Å²) in [5.41, 5.74) is 1.10. The van der Waals surface area contributed by atoms with Crippen LogP contribution in [0.25, 0.3) is 10.9 Å². The van der Waals surface area contributed by atoms with Gasteiger partial charge in [0.25, 0.3) is 5.69 Å². The maximum atomic E-state index is 11.8. The fraction of sp³-hybridized carbons (Fsp3) is 0.308. The third-order valence-electron chi connectivity index (χ3n) is 3.03. The molecule has 106 valence electrons. The topological polar surface area (TPSA) is 105 Å². The lowest BCUT2D eigenvalue weighted by Gasteiger charge is -2.02. The number of aliphatic hydroxyl groups excluding tert-OH is 1. The van der Waals surface area contributed by atoms with E-state index >= 15 is 0 Å². The van der Waals surface area contributed by atoms with Gasteiger partial charge in [0.1, 0.15) is 5.56 Å². The minimum Gasteiger partial charge on any atom is -0.465 e. The van der Waals surface area contributed by atoms with Gasteiger partial charge in [0, 0.05) is 29.3 Å². The zero-order valence-corrected chi connectivity index (χ0v) is 10.9. The molecule has 0 unspecified atom stereocenters. The van der Waals surface area contributed by atoms with E-state index in [9.17, 15) is 14.9 Å². The van der Waals surface area contributed by atoms with E-state index < -0.39 is 10.9 Å². The van der Waals surface area contributed by atoms with Gasteiger partial charge >= 0.3 is 5.97 Å². The molecule has 1 aromatic carbocycles. The first-order valence-electron chi connectivity index (χ1n) is 6.06. The van der Waals surface area contributed by atoms with E-state index in [1.54, 1.807) is 12.1 Å². The number of hydrogen-bond acceptors (Lipinski definition) is 5. The zero-order chi connectivity index (χ0) is 14.7. The SMILES string of the molecule is COC(=O)c1c([N+](=O)[O-])ccc2[nH]c(CCCO)cc12. The van der Waals surface area contributed by atoms with E-state index in [0.717, 1.165) is 5.69 Å². The van der Waals surface area contributed by atoms with E-state index in [1.165, 1.54) is 13.2 Å². The quantitative estimate of drug-likeness (QED) is 0.492. The summed E-state index contributed by atoms with van der Waals surface area (Å²) in [6.07, 6.45) is 1.17. The maximum absolute atomic E-state index is 11.8. The van der Waals surface area contributed by atoms with Crippen molar-refractivity contribution < 1.29 is 19.6 Å². The Bertz CT molecular complexity index is 662. The van der Waals surface area contributed by atoms with Crippen molar-refractivity contribution in [1.29, 1.82) is 0 Å². The minimum atomic E-state index is -0.741. The van der Waals surface area contributed by atoms with Crippen molar-refractivity contribution in [3.8, 4) is 0 Å². The number of methoxy groups -OCH3 is 1. The molecule has 0 saturated carbocycles. The van der Waals surface area contributed by atoms with Crippen molar-refractivity contribution in [3.05, 3.63) is 39.6 Å². The van der Waals surface area contributed by atoms with Crippen LogP contribution < -0.4 is 0 Å². The average Bonchev–Trinajstić information content (AvgIpc) is 2.85. The van der Waals surface area contributed by atoms with Gasteiger partial charge in [-0.3, -0.25) is 10.1 Å². The van der Waals surface area contributed by atoms with Crippen molar-refractivity contribution >= 4 is 22.6 Å². The lowest BCUT2D eigenvalue weighted by Crippen LogP contribution is -2.06. The molecule has 0 spiro atoms. The number of carbonyl (C=O) groups excluding carboxylic acids is 1. The molecule has 0 fully saturated rings. The largest absolute Gasteiger partial charge is 0.465 e. The number of hydrogen-bond donors (Lipinski definition) is 2. The molecule has 0 aliphatic rings. The van der Waals surface area contributed by atoms with E-state index in [2.05, 4.69) is 9.72 Å². The highest BCUT2D eigenvalue weighted by molar-refractivity contribution is 6.07. The number of fused-ring (bicyclic) bond motifs is 1. The Kier molecular flexibility index (Phi) is 3.99. The summed E-state index contributed by atoms with van der Waals surface area (Å²) in [7, 11) is 1.18. The smallest absolute Gasteiger partial charge is 0.345 e. The Morgan fingerprint density at radius 2 is 2.25 bits per heavy atom. The number of ether oxygens (including phenoxy) is 1. The van der Waals surface area contributed by atoms with Crippen molar-refractivity contribution in [2.75, 3.05) is 13.7 Å². The monoisotopic (exact) mass is 278 g/mol. The molecule has 0 atom stereocenters. The molecule has 1 heterocycles. The van der Waals surface area contributed by atoms with Crippen LogP contribution in [0.3, 0.4) is 0 Å². The van der Waals surface area contributed by atoms with Crippen LogP contribution in [0.4, 0.5) is 5.69 Å². The highest BCUT2D eigenvalue weighted by Crippen LogP contribution is 2.29. The Hall–Kier alpha value is -2.41. The summed E-state index contributed by atoms with van der Waals surface area (Å²) in [5.74, 6) is -0.741. The molecule has 0 aliphatic carbocycles. The van der Waals surface area contributed by atoms with Crippen molar-refractivity contribution in [3.63, 3.8) is 0 Å². The molecule has 2 aromatic rings. The fourth-order valence-electron chi connectivity index (χ4n) is 2.12. The summed E-state index contributed by atoms with van der Waals surface area (Å²) in [4.78, 5) is 25.3. The van der Waals surface area contributed by atoms with Crippen molar-refractivity contribution in [1.82, 2.24) is 4.98 Å². The number of rotatable bonds is 5. The molecule has 0 aliphatic heterocycles. The van der Waals surface area contributed by atoms with Gasteiger partial charge < -0.3 is 14.8 Å². The minimum absolute atomic E-state index is 0.0542. The number of aryl methyl sites for hydroxylation is 1. The van der Waals surface area contributed by atoms with Gasteiger partial charge in [0.2, 0.25) is 0 Å². The van der Waals surface area contributed by atoms with E-state index in [-0.39, 0.29) is 17.9 Å². The molecule has 0 radical (unpaired) electrons. The number of nitrogens with zero attached hydrogens (tertiary/aromatic N) is 1. The molecule has 1 aromatic heterocycles. The van der Waals surface area contributed by atoms with Crippen LogP contribution in [0.1, 0.15) is 22.5 Å². The van der Waals surface area contributed by atoms with E-state index in [1.807, 2.05) is 0 Å². The van der Waals surface area contributed by atoms with Gasteiger partial charge in [-0.05, 0) is 25.0 Å². The summed E-state index contributed by atoms with van der Waals surface area (Å²) in [6.45, 7) is 0.0549. The van der Waals surface area contributed by atoms with Crippen LogP contribution in [0.5, 0.6) is 0 Å². The first-order valence-corrected chi connectivity index (χ1v) is 6.06. The van der Waals surface area contributed by atoms with Crippen molar-refractivity contribution in [2.45, 2.75) is 12.8 Å². The van der Waals surface area contributed by atoms with Gasteiger partial charge in [0.15, 0.2) is 0 Å². The van der Waals surface area contributed by atoms with E-state index in [0.29, 0.717) is 23.7 Å². The second-order valence-electron chi connectivity index (χ2n) is 4.29. The Morgan fingerprint density at radius 3 is 2.85 bits per heavy atom. The fourth-order valence-corrected chi connectivity index (χ4v) is 2.12. The van der Waals surface area contributed by atoms with Crippen LogP contribution in [0.15, 0.2) is 18.2 Å². The molecule has 7 nitrogen and oxygen atoms in total. The van der Waals surface area contributed by atoms with Crippen LogP contribution in [0, 0.1) is 10.1 Å². The predicted molar refractivity (Wildman–Crippen MR) is 71.7 cm³/mol. The molecule has 2 N–H and O–H groups in total. The summed E-state index contributed by atoms with van der Waals surface area (Å²) in [6, 6.07) is 4.52. The molecular formula is C13H14N2O5. The highest BCUT2D eigenvalue weighted by Gasteiger charge is 2.24. The highest BCUT2D eigenvalue weighted by atomic mass is 16.6. The van der Waals surface area contributed by atoms with Gasteiger partial charge in [-0.2, -0.15) is 0 Å². The predicted octanol–water partition coefficient (Wildman–Crippen LogP) is 1.79. The molecule has 7 heteroatoms. The first-order chi connectivity index (χ1) is 9.58. The Balaban J connectivity index is 2.61. The molecule has 0 amide bonds. The standard InChI is InChI=1S/C13H14N2O5/c1-20-13(17)12-9-7-8(3-2-6-16)14-10(9)4-5-11(12)15(18)19/h4-5,7,14,16H,2-3,6H2,1H3. The summed E-state index contributed by atoms with van der Waals surface area (Å²) in [5, 5.41) is 20.3.